The molecule has 8 nitrogen and oxygen atoms in total. The average molecular weight is 635 g/mol. The molecule has 1 N–H and O–H groups in total. The molecule has 0 aliphatic rings. The van der Waals surface area contributed by atoms with Gasteiger partial charge in [0.15, 0.2) is 12.2 Å². The molecule has 2 aromatic heterocycles. The fraction of sp³-hybridized carbons (Fsp3) is 0.161. The summed E-state index contributed by atoms with van der Waals surface area (Å²) >= 11 is 2.19. The molecule has 224 valence electrons. The molecule has 0 aliphatic carbocycles. The predicted octanol–water partition coefficient (Wildman–Crippen LogP) is 8.97. The molecule has 5 rings (SSSR count). The number of alkyl halides is 3. The number of ether oxygens (including phenoxy) is 1. The molecule has 0 atom stereocenters. The number of halogens is 3. The van der Waals surface area contributed by atoms with Crippen molar-refractivity contribution in [2.45, 2.75) is 25.9 Å². The number of pyridine rings is 1. The van der Waals surface area contributed by atoms with E-state index in [1.165, 1.54) is 23.9 Å². The highest BCUT2D eigenvalue weighted by atomic mass is 32.2. The van der Waals surface area contributed by atoms with E-state index in [0.29, 0.717) is 38.9 Å². The standard InChI is InChI=1S/C31H25F3N6O2S2/c1-19(2)22-12-23(14-25(13-22)31(32,33)34)21-4-6-29(27(16-21)20-8-10-36-11-9-20)41-28-7-5-26(15-24(28)17-35)42-44-40(3)39-30-37-18-38-43-30/h4-16,18-19H,1-3H3,(H,37,38,39). The summed E-state index contributed by atoms with van der Waals surface area (Å²) in [5, 5.41) is 10.5. The maximum absolute atomic E-state index is 13.8. The molecule has 0 unspecified atom stereocenters. The smallest absolute Gasteiger partial charge is 0.416 e. The van der Waals surface area contributed by atoms with Crippen molar-refractivity contribution in [2.75, 3.05) is 12.5 Å². The number of anilines is 1. The molecule has 0 amide bonds. The highest BCUT2D eigenvalue weighted by molar-refractivity contribution is 7.92. The van der Waals surface area contributed by atoms with Crippen molar-refractivity contribution >= 4 is 28.9 Å². The number of hydrazine groups is 1. The van der Waals surface area contributed by atoms with Crippen molar-refractivity contribution < 1.29 is 22.1 Å². The Kier molecular flexibility index (Phi) is 9.34. The van der Waals surface area contributed by atoms with Crippen LogP contribution in [0.1, 0.15) is 36.5 Å². The van der Waals surface area contributed by atoms with Gasteiger partial charge in [-0.15, -0.1) is 4.41 Å². The SMILES string of the molecule is CC(C)c1cc(-c2ccc(Oc3ccc(OSN(C)Nc4ncns4)cc3C#N)c(-c3ccncc3)c2)cc(C(F)(F)F)c1. The van der Waals surface area contributed by atoms with E-state index in [0.717, 1.165) is 23.9 Å². The minimum absolute atomic E-state index is 0.0972. The number of rotatable bonds is 10. The Morgan fingerprint density at radius 3 is 2.41 bits per heavy atom. The topological polar surface area (TPSA) is 96.2 Å². The summed E-state index contributed by atoms with van der Waals surface area (Å²) in [5.41, 5.74) is 5.49. The van der Waals surface area contributed by atoms with Gasteiger partial charge in [0, 0.05) is 42.6 Å². The minimum Gasteiger partial charge on any atom is -0.455 e. The first-order valence-corrected chi connectivity index (χ1v) is 14.7. The van der Waals surface area contributed by atoms with Gasteiger partial charge >= 0.3 is 6.18 Å². The lowest BCUT2D eigenvalue weighted by Gasteiger charge is -2.17. The summed E-state index contributed by atoms with van der Waals surface area (Å²) in [6, 6.07) is 19.8. The molecular weight excluding hydrogens is 610 g/mol. The van der Waals surface area contributed by atoms with Crippen LogP contribution in [0.15, 0.2) is 85.5 Å². The second-order valence-electron chi connectivity index (χ2n) is 9.83. The molecule has 3 aromatic carbocycles. The molecule has 0 saturated heterocycles. The first-order chi connectivity index (χ1) is 21.1. The van der Waals surface area contributed by atoms with Crippen LogP contribution in [0.4, 0.5) is 18.3 Å². The van der Waals surface area contributed by atoms with E-state index in [2.05, 4.69) is 25.8 Å². The van der Waals surface area contributed by atoms with E-state index in [1.54, 1.807) is 78.5 Å². The molecule has 44 heavy (non-hydrogen) atoms. The third-order valence-electron chi connectivity index (χ3n) is 6.40. The van der Waals surface area contributed by atoms with Gasteiger partial charge in [-0.1, -0.05) is 26.0 Å². The van der Waals surface area contributed by atoms with Crippen molar-refractivity contribution in [3.63, 3.8) is 0 Å². The summed E-state index contributed by atoms with van der Waals surface area (Å²) < 4.78 is 58.8. The van der Waals surface area contributed by atoms with E-state index in [4.69, 9.17) is 8.92 Å². The van der Waals surface area contributed by atoms with Gasteiger partial charge in [0.1, 0.15) is 29.6 Å². The van der Waals surface area contributed by atoms with E-state index < -0.39 is 11.7 Å². The van der Waals surface area contributed by atoms with Crippen molar-refractivity contribution in [3.8, 4) is 45.6 Å². The molecule has 0 spiro atoms. The number of nitrogens with zero attached hydrogens (tertiary/aromatic N) is 5. The number of benzene rings is 3. The largest absolute Gasteiger partial charge is 0.455 e. The minimum atomic E-state index is -4.48. The van der Waals surface area contributed by atoms with Crippen LogP contribution in [0.2, 0.25) is 0 Å². The van der Waals surface area contributed by atoms with E-state index in [1.807, 2.05) is 13.8 Å². The van der Waals surface area contributed by atoms with Crippen LogP contribution < -0.4 is 14.3 Å². The van der Waals surface area contributed by atoms with Crippen LogP contribution in [0.5, 0.6) is 17.2 Å². The lowest BCUT2D eigenvalue weighted by molar-refractivity contribution is -0.137. The van der Waals surface area contributed by atoms with Crippen molar-refractivity contribution in [1.82, 2.24) is 18.8 Å². The molecule has 5 aromatic rings. The monoisotopic (exact) mass is 634 g/mol. The Labute approximate surface area is 260 Å². The first-order valence-electron chi connectivity index (χ1n) is 13.2. The van der Waals surface area contributed by atoms with Crippen LogP contribution in [0.3, 0.4) is 0 Å². The lowest BCUT2D eigenvalue weighted by Crippen LogP contribution is -2.18. The van der Waals surface area contributed by atoms with Gasteiger partial charge in [-0.3, -0.25) is 10.4 Å². The number of hydrogen-bond donors (Lipinski definition) is 1. The zero-order valence-electron chi connectivity index (χ0n) is 23.7. The Hall–Kier alpha value is -4.64. The summed E-state index contributed by atoms with van der Waals surface area (Å²) in [7, 11) is 1.74. The maximum Gasteiger partial charge on any atom is 0.416 e. The predicted molar refractivity (Wildman–Crippen MR) is 165 cm³/mol. The van der Waals surface area contributed by atoms with Crippen LogP contribution in [-0.2, 0) is 6.18 Å². The Bertz CT molecular complexity index is 1780. The number of aromatic nitrogens is 3. The first kappa shape index (κ1) is 30.8. The van der Waals surface area contributed by atoms with Gasteiger partial charge in [0.2, 0.25) is 5.13 Å². The average Bonchev–Trinajstić information content (AvgIpc) is 3.53. The molecule has 0 fully saturated rings. The Morgan fingerprint density at radius 1 is 0.955 bits per heavy atom. The molecule has 0 saturated carbocycles. The number of nitriles is 1. The normalized spacial score (nSPS) is 11.4. The Morgan fingerprint density at radius 2 is 1.73 bits per heavy atom. The Balaban J connectivity index is 1.45. The highest BCUT2D eigenvalue weighted by Crippen LogP contribution is 2.40. The van der Waals surface area contributed by atoms with Crippen molar-refractivity contribution in [2.24, 2.45) is 0 Å². The zero-order valence-corrected chi connectivity index (χ0v) is 25.3. The van der Waals surface area contributed by atoms with E-state index >= 15 is 0 Å². The third kappa shape index (κ3) is 7.46. The quantitative estimate of drug-likeness (QED) is 0.0917. The summed E-state index contributed by atoms with van der Waals surface area (Å²) in [6.07, 6.45) is 0.192. The van der Waals surface area contributed by atoms with Gasteiger partial charge < -0.3 is 8.92 Å². The number of hydrogen-bond acceptors (Lipinski definition) is 10. The van der Waals surface area contributed by atoms with Gasteiger partial charge in [-0.05, 0) is 76.7 Å². The number of nitrogens with one attached hydrogen (secondary N) is 1. The molecule has 13 heteroatoms. The zero-order chi connectivity index (χ0) is 31.3. The van der Waals surface area contributed by atoms with Gasteiger partial charge in [0.05, 0.1) is 11.1 Å². The van der Waals surface area contributed by atoms with Gasteiger partial charge in [-0.25, -0.2) is 4.98 Å². The molecular formula is C31H25F3N6O2S2. The fourth-order valence-electron chi connectivity index (χ4n) is 4.20. The summed E-state index contributed by atoms with van der Waals surface area (Å²) in [5.74, 6) is 1.02. The van der Waals surface area contributed by atoms with Crippen molar-refractivity contribution in [3.05, 3.63) is 102 Å². The van der Waals surface area contributed by atoms with Gasteiger partial charge in [0.25, 0.3) is 0 Å². The summed E-state index contributed by atoms with van der Waals surface area (Å²) in [4.78, 5) is 8.13. The summed E-state index contributed by atoms with van der Waals surface area (Å²) in [6.45, 7) is 3.71. The van der Waals surface area contributed by atoms with Crippen molar-refractivity contribution in [1.29, 1.82) is 5.26 Å². The van der Waals surface area contributed by atoms with Crippen LogP contribution in [0.25, 0.3) is 22.3 Å². The van der Waals surface area contributed by atoms with Crippen LogP contribution in [0, 0.1) is 11.3 Å². The second kappa shape index (κ2) is 13.3. The fourth-order valence-corrected chi connectivity index (χ4v) is 5.15. The molecule has 2 heterocycles. The second-order valence-corrected chi connectivity index (χ2v) is 11.5. The van der Waals surface area contributed by atoms with Crippen LogP contribution in [-0.4, -0.2) is 25.8 Å². The van der Waals surface area contributed by atoms with E-state index in [9.17, 15) is 18.4 Å². The molecule has 0 aliphatic heterocycles. The van der Waals surface area contributed by atoms with Crippen LogP contribution >= 0.6 is 23.8 Å². The third-order valence-corrected chi connectivity index (χ3v) is 7.56. The van der Waals surface area contributed by atoms with E-state index in [-0.39, 0.29) is 17.2 Å². The lowest BCUT2D eigenvalue weighted by atomic mass is 9.92. The maximum atomic E-state index is 13.8. The van der Waals surface area contributed by atoms with Gasteiger partial charge in [-0.2, -0.15) is 22.8 Å². The molecule has 0 radical (unpaired) electrons. The molecule has 0 bridgehead atoms. The highest BCUT2D eigenvalue weighted by Gasteiger charge is 2.31.